The smallest absolute Gasteiger partial charge is 0.250 e. The summed E-state index contributed by atoms with van der Waals surface area (Å²) in [5.74, 6) is -0.371. The van der Waals surface area contributed by atoms with Crippen molar-refractivity contribution in [2.75, 3.05) is 6.54 Å². The second-order valence-corrected chi connectivity index (χ2v) is 2.45. The molecule has 0 aromatic carbocycles. The second kappa shape index (κ2) is 3.32. The molecule has 0 aliphatic carbocycles. The van der Waals surface area contributed by atoms with E-state index >= 15 is 0 Å². The summed E-state index contributed by atoms with van der Waals surface area (Å²) in [6, 6.07) is -0.412. The van der Waals surface area contributed by atoms with Gasteiger partial charge < -0.3 is 10.4 Å². The number of nitrogens with zero attached hydrogens (tertiary/aromatic N) is 1. The normalized spacial score (nSPS) is 29.5. The summed E-state index contributed by atoms with van der Waals surface area (Å²) in [6.45, 7) is 0.420. The molecule has 1 rings (SSSR count). The van der Waals surface area contributed by atoms with Gasteiger partial charge in [-0.15, -0.1) is 0 Å². The van der Waals surface area contributed by atoms with Crippen molar-refractivity contribution >= 4 is 5.91 Å². The molecule has 60 valence electrons. The highest BCUT2D eigenvalue weighted by molar-refractivity contribution is 5.83. The first-order valence-corrected chi connectivity index (χ1v) is 3.34. The molecule has 2 atom stereocenters. The highest BCUT2D eigenvalue weighted by Crippen LogP contribution is 2.05. The maximum absolute atomic E-state index is 10.9. The van der Waals surface area contributed by atoms with Crippen molar-refractivity contribution in [1.29, 1.82) is 5.26 Å². The lowest BCUT2D eigenvalue weighted by Crippen LogP contribution is -2.38. The Morgan fingerprint density at radius 1 is 1.82 bits per heavy atom. The van der Waals surface area contributed by atoms with Crippen LogP contribution in [0.25, 0.3) is 0 Å². The summed E-state index contributed by atoms with van der Waals surface area (Å²) in [7, 11) is 0. The summed E-state index contributed by atoms with van der Waals surface area (Å²) < 4.78 is 0. The lowest BCUT2D eigenvalue weighted by molar-refractivity contribution is -0.121. The molecule has 11 heavy (non-hydrogen) atoms. The molecule has 0 spiro atoms. The number of β-amino-alcohol motifs (C(OH)–C–C–N with tert-alkyl or cyclic N) is 1. The lowest BCUT2D eigenvalue weighted by atomic mass is 10.2. The predicted molar refractivity (Wildman–Crippen MR) is 36.2 cm³/mol. The van der Waals surface area contributed by atoms with Gasteiger partial charge in [-0.05, 0) is 6.42 Å². The first kappa shape index (κ1) is 7.98. The summed E-state index contributed by atoms with van der Waals surface area (Å²) in [5, 5.41) is 21.9. The summed E-state index contributed by atoms with van der Waals surface area (Å²) >= 11 is 0. The van der Waals surface area contributed by atoms with Crippen molar-refractivity contribution in [2.24, 2.45) is 0 Å². The molecule has 0 saturated carbocycles. The third-order valence-electron chi connectivity index (χ3n) is 1.60. The molecule has 1 heterocycles. The Hall–Kier alpha value is -1.12. The molecule has 1 amide bonds. The molecule has 1 saturated heterocycles. The van der Waals surface area contributed by atoms with Gasteiger partial charge in [0.15, 0.2) is 6.19 Å². The van der Waals surface area contributed by atoms with Gasteiger partial charge in [0.1, 0.15) is 0 Å². The molecule has 5 heteroatoms. The zero-order chi connectivity index (χ0) is 8.27. The quantitative estimate of drug-likeness (QED) is 0.311. The highest BCUT2D eigenvalue weighted by Gasteiger charge is 2.27. The van der Waals surface area contributed by atoms with E-state index < -0.39 is 12.1 Å². The van der Waals surface area contributed by atoms with Crippen LogP contribution in [-0.4, -0.2) is 29.7 Å². The molecule has 1 aliphatic rings. The maximum atomic E-state index is 10.9. The minimum atomic E-state index is -0.468. The Balaban J connectivity index is 2.38. The van der Waals surface area contributed by atoms with Crippen LogP contribution in [0, 0.1) is 11.5 Å². The van der Waals surface area contributed by atoms with Gasteiger partial charge in [0, 0.05) is 6.54 Å². The molecule has 0 bridgehead atoms. The van der Waals surface area contributed by atoms with Gasteiger partial charge in [0.05, 0.1) is 12.1 Å². The van der Waals surface area contributed by atoms with Gasteiger partial charge in [0.2, 0.25) is 5.91 Å². The van der Waals surface area contributed by atoms with Gasteiger partial charge in [-0.25, -0.2) is 0 Å². The average molecular weight is 155 g/mol. The van der Waals surface area contributed by atoms with Crippen LogP contribution < -0.4 is 10.6 Å². The van der Waals surface area contributed by atoms with E-state index in [2.05, 4.69) is 5.32 Å². The fourth-order valence-electron chi connectivity index (χ4n) is 1.06. The van der Waals surface area contributed by atoms with Gasteiger partial charge in [-0.3, -0.25) is 10.1 Å². The van der Waals surface area contributed by atoms with Crippen LogP contribution in [0.15, 0.2) is 0 Å². The van der Waals surface area contributed by atoms with Crippen molar-refractivity contribution < 1.29 is 9.90 Å². The van der Waals surface area contributed by atoms with Crippen molar-refractivity contribution in [3.63, 3.8) is 0 Å². The van der Waals surface area contributed by atoms with E-state index in [0.717, 1.165) is 0 Å². The predicted octanol–water partition coefficient (Wildman–Crippen LogP) is -1.69. The third kappa shape index (κ3) is 1.90. The third-order valence-corrected chi connectivity index (χ3v) is 1.60. The van der Waals surface area contributed by atoms with Crippen molar-refractivity contribution in [2.45, 2.75) is 18.6 Å². The first-order valence-electron chi connectivity index (χ1n) is 3.34. The Morgan fingerprint density at radius 2 is 2.55 bits per heavy atom. The second-order valence-electron chi connectivity index (χ2n) is 2.45. The fourth-order valence-corrected chi connectivity index (χ4v) is 1.06. The van der Waals surface area contributed by atoms with Crippen LogP contribution in [0.3, 0.4) is 0 Å². The molecule has 1 fully saturated rings. The molecule has 0 aromatic rings. The SMILES string of the molecule is N#CNC(=O)C1CC(O)CN1. The number of nitriles is 1. The van der Waals surface area contributed by atoms with E-state index in [0.29, 0.717) is 13.0 Å². The molecule has 0 radical (unpaired) electrons. The lowest BCUT2D eigenvalue weighted by Gasteiger charge is -2.04. The van der Waals surface area contributed by atoms with Crippen molar-refractivity contribution in [3.05, 3.63) is 0 Å². The van der Waals surface area contributed by atoms with Crippen LogP contribution in [0.2, 0.25) is 0 Å². The Labute approximate surface area is 64.0 Å². The number of aliphatic hydroxyl groups excluding tert-OH is 1. The van der Waals surface area contributed by atoms with Crippen LogP contribution in [0.1, 0.15) is 6.42 Å². The number of hydrogen-bond donors (Lipinski definition) is 3. The van der Waals surface area contributed by atoms with Crippen LogP contribution >= 0.6 is 0 Å². The van der Waals surface area contributed by atoms with Gasteiger partial charge in [0.25, 0.3) is 0 Å². The number of carbonyl (C=O) groups excluding carboxylic acids is 1. The average Bonchev–Trinajstić information content (AvgIpc) is 2.36. The fraction of sp³-hybridized carbons (Fsp3) is 0.667. The summed E-state index contributed by atoms with van der Waals surface area (Å²) in [5.41, 5.74) is 0. The number of hydrogen-bond acceptors (Lipinski definition) is 4. The minimum Gasteiger partial charge on any atom is -0.392 e. The van der Waals surface area contributed by atoms with Crippen LogP contribution in [0.4, 0.5) is 0 Å². The standard InChI is InChI=1S/C6H9N3O2/c7-3-9-6(11)5-1-4(10)2-8-5/h4-5,8,10H,1-2H2,(H,9,11). The summed E-state index contributed by atoms with van der Waals surface area (Å²) in [6.07, 6.45) is 1.45. The van der Waals surface area contributed by atoms with Crippen LogP contribution in [-0.2, 0) is 4.79 Å². The Bertz CT molecular complexity index is 198. The molecule has 1 aliphatic heterocycles. The number of nitrogens with one attached hydrogen (secondary N) is 2. The van der Waals surface area contributed by atoms with E-state index in [9.17, 15) is 4.79 Å². The van der Waals surface area contributed by atoms with E-state index in [1.165, 1.54) is 6.19 Å². The van der Waals surface area contributed by atoms with Crippen molar-refractivity contribution in [3.8, 4) is 6.19 Å². The number of amides is 1. The molecular formula is C6H9N3O2. The van der Waals surface area contributed by atoms with Gasteiger partial charge in [-0.2, -0.15) is 5.26 Å². The zero-order valence-corrected chi connectivity index (χ0v) is 5.87. The Kier molecular flexibility index (Phi) is 2.41. The zero-order valence-electron chi connectivity index (χ0n) is 5.87. The Morgan fingerprint density at radius 3 is 3.00 bits per heavy atom. The number of rotatable bonds is 1. The van der Waals surface area contributed by atoms with E-state index in [1.54, 1.807) is 0 Å². The summed E-state index contributed by atoms with van der Waals surface area (Å²) in [4.78, 5) is 10.9. The molecule has 0 aromatic heterocycles. The molecule has 2 unspecified atom stereocenters. The van der Waals surface area contributed by atoms with Crippen molar-refractivity contribution in [1.82, 2.24) is 10.6 Å². The first-order chi connectivity index (χ1) is 5.24. The minimum absolute atomic E-state index is 0.371. The topological polar surface area (TPSA) is 85.2 Å². The molecule has 3 N–H and O–H groups in total. The number of carbonyl (C=O) groups is 1. The van der Waals surface area contributed by atoms with E-state index in [4.69, 9.17) is 10.4 Å². The monoisotopic (exact) mass is 155 g/mol. The van der Waals surface area contributed by atoms with Gasteiger partial charge >= 0.3 is 0 Å². The van der Waals surface area contributed by atoms with Gasteiger partial charge in [-0.1, -0.05) is 0 Å². The largest absolute Gasteiger partial charge is 0.392 e. The highest BCUT2D eigenvalue weighted by atomic mass is 16.3. The maximum Gasteiger partial charge on any atom is 0.250 e. The van der Waals surface area contributed by atoms with E-state index in [1.807, 2.05) is 5.32 Å². The van der Waals surface area contributed by atoms with Crippen LogP contribution in [0.5, 0.6) is 0 Å². The van der Waals surface area contributed by atoms with E-state index in [-0.39, 0.29) is 5.91 Å². The number of aliphatic hydroxyl groups is 1. The molecular weight excluding hydrogens is 146 g/mol. The molecule has 5 nitrogen and oxygen atoms in total.